The molecule has 2 fully saturated rings. The molecule has 46 heavy (non-hydrogen) atoms. The van der Waals surface area contributed by atoms with Crippen LogP contribution in [0.2, 0.25) is 0 Å². The van der Waals surface area contributed by atoms with Gasteiger partial charge in [-0.15, -0.1) is 5.10 Å². The first-order valence-corrected chi connectivity index (χ1v) is 16.3. The Kier molecular flexibility index (Phi) is 9.32. The molecule has 0 unspecified atom stereocenters. The number of aryl methyl sites for hydroxylation is 1. The number of hydrogen-bond acceptors (Lipinski definition) is 7. The summed E-state index contributed by atoms with van der Waals surface area (Å²) < 4.78 is 1.71. The third kappa shape index (κ3) is 6.21. The Labute approximate surface area is 269 Å². The van der Waals surface area contributed by atoms with Crippen molar-refractivity contribution in [2.75, 3.05) is 34.4 Å². The molecule has 4 heterocycles. The van der Waals surface area contributed by atoms with Gasteiger partial charge in [0.05, 0.1) is 17.9 Å². The quantitative estimate of drug-likeness (QED) is 0.309. The minimum atomic E-state index is -1.83. The van der Waals surface area contributed by atoms with Gasteiger partial charge in [-0.3, -0.25) is 19.1 Å². The van der Waals surface area contributed by atoms with Crippen molar-refractivity contribution in [3.63, 3.8) is 0 Å². The molecule has 0 bridgehead atoms. The van der Waals surface area contributed by atoms with Crippen LogP contribution in [0.4, 0.5) is 17.1 Å². The molecule has 0 spiro atoms. The fourth-order valence-corrected chi connectivity index (χ4v) is 6.70. The zero-order chi connectivity index (χ0) is 32.3. The molecule has 3 aliphatic rings. The van der Waals surface area contributed by atoms with E-state index in [9.17, 15) is 19.5 Å². The number of aromatic nitrogens is 3. The molecule has 2 N–H and O–H groups in total. The average Bonchev–Trinajstić information content (AvgIpc) is 3.60. The molecule has 3 aromatic rings. The summed E-state index contributed by atoms with van der Waals surface area (Å²) in [7, 11) is 0. The summed E-state index contributed by atoms with van der Waals surface area (Å²) in [5.74, 6) is -0.803. The smallest absolute Gasteiger partial charge is 0.264 e. The summed E-state index contributed by atoms with van der Waals surface area (Å²) in [4.78, 5) is 44.6. The predicted octanol–water partition coefficient (Wildman–Crippen LogP) is 3.86. The summed E-state index contributed by atoms with van der Waals surface area (Å²) in [5.41, 5.74) is 2.42. The molecule has 11 heteroatoms. The third-order valence-corrected chi connectivity index (χ3v) is 9.36. The third-order valence-electron chi connectivity index (χ3n) is 9.36. The number of nitrogens with zero attached hydrogens (tertiary/aromatic N) is 6. The molecule has 3 aliphatic heterocycles. The number of fused-ring (bicyclic) bond motifs is 1. The van der Waals surface area contributed by atoms with Crippen LogP contribution < -0.4 is 14.7 Å². The van der Waals surface area contributed by atoms with Crippen LogP contribution in [0, 0.1) is 5.92 Å². The molecule has 3 amide bonds. The Bertz CT molecular complexity index is 1620. The van der Waals surface area contributed by atoms with Gasteiger partial charge < -0.3 is 24.9 Å². The number of aliphatic hydroxyl groups is 2. The Hall–Kier alpha value is -4.35. The van der Waals surface area contributed by atoms with Gasteiger partial charge in [-0.2, -0.15) is 0 Å². The zero-order valence-corrected chi connectivity index (χ0v) is 26.3. The maximum absolute atomic E-state index is 14.2. The second-order valence-electron chi connectivity index (χ2n) is 12.5. The van der Waals surface area contributed by atoms with Crippen molar-refractivity contribution in [1.29, 1.82) is 0 Å². The number of rotatable bonds is 11. The lowest BCUT2D eigenvalue weighted by Gasteiger charge is -2.30. The monoisotopic (exact) mass is 626 g/mol. The number of hydrogen-bond donors (Lipinski definition) is 2. The van der Waals surface area contributed by atoms with Gasteiger partial charge in [0.1, 0.15) is 0 Å². The van der Waals surface area contributed by atoms with E-state index in [0.29, 0.717) is 62.3 Å². The molecule has 1 aromatic heterocycles. The van der Waals surface area contributed by atoms with E-state index in [-0.39, 0.29) is 25.0 Å². The van der Waals surface area contributed by atoms with Crippen molar-refractivity contribution in [2.45, 2.75) is 77.0 Å². The van der Waals surface area contributed by atoms with Gasteiger partial charge in [0.2, 0.25) is 11.8 Å². The number of benzene rings is 2. The van der Waals surface area contributed by atoms with Gasteiger partial charge in [0, 0.05) is 74.6 Å². The summed E-state index contributed by atoms with van der Waals surface area (Å²) in [6.07, 6.45) is 11.4. The largest absolute Gasteiger partial charge is 0.396 e. The van der Waals surface area contributed by atoms with Gasteiger partial charge in [-0.25, -0.2) is 0 Å². The van der Waals surface area contributed by atoms with Gasteiger partial charge in [0.15, 0.2) is 5.60 Å². The van der Waals surface area contributed by atoms with E-state index in [0.717, 1.165) is 42.6 Å². The first-order valence-electron chi connectivity index (χ1n) is 16.3. The normalized spacial score (nSPS) is 21.0. The maximum Gasteiger partial charge on any atom is 0.264 e. The van der Waals surface area contributed by atoms with Crippen LogP contribution in [0.15, 0.2) is 60.8 Å². The van der Waals surface area contributed by atoms with Crippen LogP contribution in [0.25, 0.3) is 0 Å². The molecular weight excluding hydrogens is 584 g/mol. The second-order valence-corrected chi connectivity index (χ2v) is 12.5. The van der Waals surface area contributed by atoms with E-state index in [1.165, 1.54) is 0 Å². The molecule has 2 aromatic carbocycles. The maximum atomic E-state index is 14.2. The van der Waals surface area contributed by atoms with E-state index >= 15 is 0 Å². The number of anilines is 3. The van der Waals surface area contributed by atoms with Gasteiger partial charge in [0.25, 0.3) is 5.91 Å². The highest BCUT2D eigenvalue weighted by Crippen LogP contribution is 2.47. The number of amides is 3. The number of aliphatic hydroxyl groups excluding tert-OH is 1. The summed E-state index contributed by atoms with van der Waals surface area (Å²) in [5, 5.41) is 29.6. The Morgan fingerprint density at radius 1 is 0.935 bits per heavy atom. The Morgan fingerprint density at radius 3 is 2.28 bits per heavy atom. The molecule has 2 atom stereocenters. The van der Waals surface area contributed by atoms with E-state index < -0.39 is 17.4 Å². The average molecular weight is 627 g/mol. The molecule has 0 saturated carbocycles. The van der Waals surface area contributed by atoms with Crippen LogP contribution in [-0.4, -0.2) is 62.6 Å². The highest BCUT2D eigenvalue weighted by molar-refractivity contribution is 6.08. The lowest BCUT2D eigenvalue weighted by molar-refractivity contribution is -0.139. The van der Waals surface area contributed by atoms with Crippen molar-refractivity contribution in [3.8, 4) is 0 Å². The second kappa shape index (κ2) is 13.6. The van der Waals surface area contributed by atoms with Crippen molar-refractivity contribution in [1.82, 2.24) is 15.0 Å². The molecule has 11 nitrogen and oxygen atoms in total. The van der Waals surface area contributed by atoms with E-state index in [2.05, 4.69) is 10.3 Å². The zero-order valence-electron chi connectivity index (χ0n) is 26.3. The van der Waals surface area contributed by atoms with Crippen LogP contribution in [-0.2, 0) is 39.5 Å². The van der Waals surface area contributed by atoms with E-state index in [4.69, 9.17) is 5.11 Å². The molecular formula is C35H42N6O5. The SMILES string of the molecule is C[C@@H](/C=C/CCn1cc(CCO)nn1)[C@]1(O)C(=O)N(Cc2ccc(N3CCCCC3=O)cc2)c2ccc(N3CCCCC3=O)cc21. The van der Waals surface area contributed by atoms with Crippen molar-refractivity contribution >= 4 is 34.8 Å². The Morgan fingerprint density at radius 2 is 1.61 bits per heavy atom. The van der Waals surface area contributed by atoms with Crippen LogP contribution in [0.5, 0.6) is 0 Å². The minimum Gasteiger partial charge on any atom is -0.396 e. The minimum absolute atomic E-state index is 0.0137. The Balaban J connectivity index is 1.25. The van der Waals surface area contributed by atoms with Gasteiger partial charge >= 0.3 is 0 Å². The fraction of sp³-hybridized carbons (Fsp3) is 0.457. The lowest BCUT2D eigenvalue weighted by atomic mass is 9.82. The van der Waals surface area contributed by atoms with E-state index in [1.807, 2.05) is 66.4 Å². The van der Waals surface area contributed by atoms with Crippen LogP contribution in [0.1, 0.15) is 68.7 Å². The standard InChI is InChI=1S/C35H42N6O5/c1-25(8-2-5-18-38-24-27(17-21-42)36-37-38)35(46)30-22-29(40-20-7-4-10-33(40)44)15-16-31(30)41(34(35)45)23-26-11-13-28(14-12-26)39-19-6-3-9-32(39)43/h2,8,11-16,22,24-25,42,46H,3-7,9-10,17-21,23H2,1H3/b8-2+/t25-,35+/m0/s1. The number of piperidine rings is 2. The van der Waals surface area contributed by atoms with Crippen LogP contribution >= 0.6 is 0 Å². The molecule has 0 aliphatic carbocycles. The van der Waals surface area contributed by atoms with Crippen molar-refractivity contribution in [3.05, 3.63) is 77.6 Å². The predicted molar refractivity (Wildman–Crippen MR) is 174 cm³/mol. The molecule has 6 rings (SSSR count). The first kappa shape index (κ1) is 31.6. The van der Waals surface area contributed by atoms with Crippen molar-refractivity contribution < 1.29 is 24.6 Å². The molecule has 0 radical (unpaired) electrons. The van der Waals surface area contributed by atoms with Gasteiger partial charge in [-0.05, 0) is 68.0 Å². The molecule has 242 valence electrons. The summed E-state index contributed by atoms with van der Waals surface area (Å²) >= 11 is 0. The van der Waals surface area contributed by atoms with Crippen molar-refractivity contribution in [2.24, 2.45) is 5.92 Å². The van der Waals surface area contributed by atoms with Gasteiger partial charge in [-0.1, -0.05) is 36.4 Å². The summed E-state index contributed by atoms with van der Waals surface area (Å²) in [6, 6.07) is 13.2. The first-order chi connectivity index (χ1) is 22.3. The lowest BCUT2D eigenvalue weighted by Crippen LogP contribution is -2.44. The number of allylic oxidation sites excluding steroid dienone is 1. The number of carbonyl (C=O) groups excluding carboxylic acids is 3. The summed E-state index contributed by atoms with van der Waals surface area (Å²) in [6.45, 7) is 3.98. The van der Waals surface area contributed by atoms with E-state index in [1.54, 1.807) is 20.7 Å². The number of carbonyl (C=O) groups is 3. The topological polar surface area (TPSA) is 132 Å². The fourth-order valence-electron chi connectivity index (χ4n) is 6.70. The highest BCUT2D eigenvalue weighted by atomic mass is 16.3. The highest BCUT2D eigenvalue weighted by Gasteiger charge is 2.52. The molecule has 2 saturated heterocycles. The van der Waals surface area contributed by atoms with Crippen LogP contribution in [0.3, 0.4) is 0 Å².